The van der Waals surface area contributed by atoms with Gasteiger partial charge in [-0.05, 0) is 58.7 Å². The summed E-state index contributed by atoms with van der Waals surface area (Å²) < 4.78 is 4.21. The molecule has 0 unspecified atom stereocenters. The van der Waals surface area contributed by atoms with E-state index >= 15 is 0 Å². The van der Waals surface area contributed by atoms with Crippen LogP contribution in [0.5, 0.6) is 0 Å². The lowest BCUT2D eigenvalue weighted by Crippen LogP contribution is -2.00. The third-order valence-corrected chi connectivity index (χ3v) is 4.60. The first-order valence-corrected chi connectivity index (χ1v) is 8.40. The molecule has 0 bridgehead atoms. The summed E-state index contributed by atoms with van der Waals surface area (Å²) in [7, 11) is 0. The number of fused-ring (bicyclic) bond motifs is 1. The van der Waals surface area contributed by atoms with Crippen LogP contribution in [0.3, 0.4) is 0 Å². The van der Waals surface area contributed by atoms with Gasteiger partial charge in [0.1, 0.15) is 5.82 Å². The number of anilines is 1. The van der Waals surface area contributed by atoms with Gasteiger partial charge in [-0.1, -0.05) is 22.9 Å². The number of nitrogens with two attached hydrogens (primary N) is 1. The first-order chi connectivity index (χ1) is 10.1. The lowest BCUT2D eigenvalue weighted by molar-refractivity contribution is 0.704. The molecule has 3 aromatic rings. The monoisotopic (exact) mass is 407 g/mol. The molecule has 1 aromatic heterocycles. The first-order valence-electron chi connectivity index (χ1n) is 6.81. The van der Waals surface area contributed by atoms with Crippen molar-refractivity contribution in [1.29, 1.82) is 0 Å². The minimum Gasteiger partial charge on any atom is -0.398 e. The fourth-order valence-corrected chi connectivity index (χ4v) is 3.17. The van der Waals surface area contributed by atoms with E-state index in [0.717, 1.165) is 50.0 Å². The Labute approximate surface area is 140 Å². The highest BCUT2D eigenvalue weighted by atomic mass is 79.9. The lowest BCUT2D eigenvalue weighted by Gasteiger charge is -2.09. The van der Waals surface area contributed by atoms with Crippen molar-refractivity contribution >= 4 is 48.6 Å². The number of hydrogen-bond acceptors (Lipinski definition) is 2. The van der Waals surface area contributed by atoms with E-state index in [4.69, 9.17) is 10.7 Å². The maximum atomic E-state index is 5.88. The normalized spacial score (nSPS) is 11.2. The second-order valence-corrected chi connectivity index (χ2v) is 6.73. The summed E-state index contributed by atoms with van der Waals surface area (Å²) in [6.45, 7) is 3.11. The zero-order chi connectivity index (χ0) is 15.0. The van der Waals surface area contributed by atoms with Gasteiger partial charge in [-0.2, -0.15) is 0 Å². The van der Waals surface area contributed by atoms with Crippen molar-refractivity contribution in [3.8, 4) is 11.4 Å². The van der Waals surface area contributed by atoms with E-state index in [1.54, 1.807) is 0 Å². The van der Waals surface area contributed by atoms with E-state index in [1.807, 2.05) is 18.2 Å². The Morgan fingerprint density at radius 1 is 1.14 bits per heavy atom. The van der Waals surface area contributed by atoms with Gasteiger partial charge in [-0.25, -0.2) is 4.98 Å². The summed E-state index contributed by atoms with van der Waals surface area (Å²) >= 11 is 7.00. The van der Waals surface area contributed by atoms with Gasteiger partial charge < -0.3 is 10.3 Å². The Morgan fingerprint density at radius 3 is 2.67 bits per heavy atom. The topological polar surface area (TPSA) is 43.8 Å². The number of benzene rings is 2. The first kappa shape index (κ1) is 14.6. The molecular weight excluding hydrogens is 394 g/mol. The van der Waals surface area contributed by atoms with Crippen molar-refractivity contribution in [3.05, 3.63) is 45.3 Å². The van der Waals surface area contributed by atoms with Crippen molar-refractivity contribution in [2.24, 2.45) is 0 Å². The van der Waals surface area contributed by atoms with Gasteiger partial charge in [0.2, 0.25) is 0 Å². The van der Waals surface area contributed by atoms with Crippen LogP contribution in [-0.2, 0) is 6.54 Å². The Balaban J connectivity index is 2.24. The van der Waals surface area contributed by atoms with Crippen molar-refractivity contribution in [3.63, 3.8) is 0 Å². The molecule has 2 N–H and O–H groups in total. The summed E-state index contributed by atoms with van der Waals surface area (Å²) in [4.78, 5) is 4.80. The second-order valence-electron chi connectivity index (χ2n) is 4.96. The van der Waals surface area contributed by atoms with Gasteiger partial charge >= 0.3 is 0 Å². The van der Waals surface area contributed by atoms with Crippen molar-refractivity contribution in [2.75, 3.05) is 5.73 Å². The Hall–Kier alpha value is -1.33. The lowest BCUT2D eigenvalue weighted by atomic mass is 10.2. The van der Waals surface area contributed by atoms with E-state index in [9.17, 15) is 0 Å². The highest BCUT2D eigenvalue weighted by Gasteiger charge is 2.13. The number of nitrogen functional groups attached to an aromatic ring is 1. The Morgan fingerprint density at radius 2 is 1.95 bits per heavy atom. The number of halogens is 2. The van der Waals surface area contributed by atoms with E-state index in [-0.39, 0.29) is 0 Å². The maximum Gasteiger partial charge on any atom is 0.141 e. The van der Waals surface area contributed by atoms with Gasteiger partial charge in [0.25, 0.3) is 0 Å². The highest BCUT2D eigenvalue weighted by Crippen LogP contribution is 2.30. The molecule has 0 amide bonds. The molecule has 3 nitrogen and oxygen atoms in total. The molecular formula is C16H15Br2N3. The van der Waals surface area contributed by atoms with Crippen LogP contribution in [-0.4, -0.2) is 9.55 Å². The standard InChI is InChI=1S/C16H15Br2N3/c1-2-7-21-15-6-4-11(17)9-14(15)20-16(21)10-3-5-13(19)12(18)8-10/h3-6,8-9H,2,7,19H2,1H3. The van der Waals surface area contributed by atoms with Gasteiger partial charge in [0.15, 0.2) is 0 Å². The van der Waals surface area contributed by atoms with E-state index in [0.29, 0.717) is 0 Å². The number of hydrogen-bond donors (Lipinski definition) is 1. The number of rotatable bonds is 3. The fourth-order valence-electron chi connectivity index (χ4n) is 2.44. The Kier molecular flexibility index (Phi) is 4.04. The number of aromatic nitrogens is 2. The average molecular weight is 409 g/mol. The quantitative estimate of drug-likeness (QED) is 0.603. The largest absolute Gasteiger partial charge is 0.398 e. The second kappa shape index (κ2) is 5.81. The van der Waals surface area contributed by atoms with Crippen LogP contribution >= 0.6 is 31.9 Å². The third kappa shape index (κ3) is 2.72. The average Bonchev–Trinajstić information content (AvgIpc) is 2.80. The molecule has 1 heterocycles. The zero-order valence-electron chi connectivity index (χ0n) is 11.6. The number of nitrogens with zero attached hydrogens (tertiary/aromatic N) is 2. The van der Waals surface area contributed by atoms with Gasteiger partial charge in [-0.15, -0.1) is 0 Å². The molecule has 0 radical (unpaired) electrons. The summed E-state index contributed by atoms with van der Waals surface area (Å²) in [5, 5.41) is 0. The van der Waals surface area contributed by atoms with Gasteiger partial charge in [0, 0.05) is 26.7 Å². The maximum absolute atomic E-state index is 5.88. The van der Waals surface area contributed by atoms with E-state index < -0.39 is 0 Å². The molecule has 0 aliphatic heterocycles. The van der Waals surface area contributed by atoms with Crippen LogP contribution < -0.4 is 5.73 Å². The van der Waals surface area contributed by atoms with E-state index in [2.05, 4.69) is 61.5 Å². The third-order valence-electron chi connectivity index (χ3n) is 3.42. The number of imidazole rings is 1. The van der Waals surface area contributed by atoms with Crippen LogP contribution in [0.4, 0.5) is 5.69 Å². The minimum absolute atomic E-state index is 0.736. The molecule has 0 saturated carbocycles. The molecule has 3 rings (SSSR count). The van der Waals surface area contributed by atoms with Gasteiger partial charge in [0.05, 0.1) is 11.0 Å². The van der Waals surface area contributed by atoms with Crippen molar-refractivity contribution in [2.45, 2.75) is 19.9 Å². The van der Waals surface area contributed by atoms with Gasteiger partial charge in [-0.3, -0.25) is 0 Å². The van der Waals surface area contributed by atoms with E-state index in [1.165, 1.54) is 0 Å². The summed E-state index contributed by atoms with van der Waals surface area (Å²) in [6, 6.07) is 12.2. The number of aryl methyl sites for hydroxylation is 1. The summed E-state index contributed by atoms with van der Waals surface area (Å²) in [5.74, 6) is 0.977. The van der Waals surface area contributed by atoms with Crippen LogP contribution in [0.2, 0.25) is 0 Å². The molecule has 0 spiro atoms. The van der Waals surface area contributed by atoms with Crippen LogP contribution in [0.25, 0.3) is 22.4 Å². The predicted octanol–water partition coefficient (Wildman–Crippen LogP) is 5.22. The predicted molar refractivity (Wildman–Crippen MR) is 95.3 cm³/mol. The molecule has 0 atom stereocenters. The minimum atomic E-state index is 0.736. The van der Waals surface area contributed by atoms with Crippen LogP contribution in [0, 0.1) is 0 Å². The molecule has 108 valence electrons. The van der Waals surface area contributed by atoms with Crippen molar-refractivity contribution in [1.82, 2.24) is 9.55 Å². The smallest absolute Gasteiger partial charge is 0.141 e. The fraction of sp³-hybridized carbons (Fsp3) is 0.188. The molecule has 0 aliphatic rings. The highest BCUT2D eigenvalue weighted by molar-refractivity contribution is 9.10. The molecule has 5 heteroatoms. The molecule has 0 saturated heterocycles. The van der Waals surface area contributed by atoms with Crippen LogP contribution in [0.1, 0.15) is 13.3 Å². The molecule has 21 heavy (non-hydrogen) atoms. The zero-order valence-corrected chi connectivity index (χ0v) is 14.8. The summed E-state index contributed by atoms with van der Waals surface area (Å²) in [6.07, 6.45) is 1.06. The Bertz CT molecular complexity index is 809. The van der Waals surface area contributed by atoms with Crippen LogP contribution in [0.15, 0.2) is 45.3 Å². The molecule has 2 aromatic carbocycles. The summed E-state index contributed by atoms with van der Waals surface area (Å²) in [5.41, 5.74) is 9.84. The SMILES string of the molecule is CCCn1c(-c2ccc(N)c(Br)c2)nc2cc(Br)ccc21. The van der Waals surface area contributed by atoms with Crippen molar-refractivity contribution < 1.29 is 0 Å². The molecule has 0 fully saturated rings. The molecule has 0 aliphatic carbocycles.